The van der Waals surface area contributed by atoms with E-state index < -0.39 is 0 Å². The van der Waals surface area contributed by atoms with Gasteiger partial charge in [-0.1, -0.05) is 0 Å². The maximum absolute atomic E-state index is 5.55. The molecule has 0 aromatic carbocycles. The highest BCUT2D eigenvalue weighted by atomic mass is 16.5. The zero-order chi connectivity index (χ0) is 10.5. The fourth-order valence-electron chi connectivity index (χ4n) is 1.18. The number of pyridine rings is 2. The van der Waals surface area contributed by atoms with Crippen LogP contribution in [-0.2, 0) is 6.61 Å². The van der Waals surface area contributed by atoms with E-state index >= 15 is 0 Å². The second-order valence-electron chi connectivity index (χ2n) is 3.07. The predicted molar refractivity (Wildman–Crippen MR) is 57.2 cm³/mol. The van der Waals surface area contributed by atoms with Crippen LogP contribution in [0, 0.1) is 0 Å². The highest BCUT2D eigenvalue weighted by Crippen LogP contribution is 2.10. The summed E-state index contributed by atoms with van der Waals surface area (Å²) in [5.74, 6) is 1.25. The van der Waals surface area contributed by atoms with Crippen molar-refractivity contribution >= 4 is 5.82 Å². The lowest BCUT2D eigenvalue weighted by atomic mass is 10.3. The molecule has 2 aromatic heterocycles. The van der Waals surface area contributed by atoms with Crippen LogP contribution in [0.3, 0.4) is 0 Å². The Morgan fingerprint density at radius 1 is 1.27 bits per heavy atom. The van der Waals surface area contributed by atoms with Gasteiger partial charge in [0.2, 0.25) is 0 Å². The van der Waals surface area contributed by atoms with Gasteiger partial charge in [0.1, 0.15) is 18.2 Å². The molecule has 4 nitrogen and oxygen atoms in total. The lowest BCUT2D eigenvalue weighted by molar-refractivity contribution is 0.305. The van der Waals surface area contributed by atoms with Crippen LogP contribution in [0.5, 0.6) is 5.75 Å². The largest absolute Gasteiger partial charge is 0.487 e. The molecule has 2 rings (SSSR count). The first kappa shape index (κ1) is 9.45. The Labute approximate surface area is 87.7 Å². The highest BCUT2D eigenvalue weighted by Gasteiger charge is 1.96. The van der Waals surface area contributed by atoms with Crippen LogP contribution in [0.25, 0.3) is 0 Å². The summed E-state index contributed by atoms with van der Waals surface area (Å²) >= 11 is 0. The first-order chi connectivity index (χ1) is 7.34. The maximum atomic E-state index is 5.55. The molecule has 2 aromatic rings. The number of rotatable bonds is 3. The molecule has 0 aliphatic rings. The number of nitrogens with zero attached hydrogens (tertiary/aromatic N) is 2. The van der Waals surface area contributed by atoms with E-state index in [0.717, 1.165) is 11.3 Å². The topological polar surface area (TPSA) is 61.0 Å². The number of hydrogen-bond donors (Lipinski definition) is 1. The summed E-state index contributed by atoms with van der Waals surface area (Å²) < 4.78 is 5.50. The van der Waals surface area contributed by atoms with Gasteiger partial charge in [-0.2, -0.15) is 0 Å². The van der Waals surface area contributed by atoms with Gasteiger partial charge in [0.05, 0.1) is 6.20 Å². The Morgan fingerprint density at radius 3 is 2.93 bits per heavy atom. The average molecular weight is 201 g/mol. The number of nitrogen functional groups attached to an aromatic ring is 1. The van der Waals surface area contributed by atoms with E-state index in [9.17, 15) is 0 Å². The van der Waals surface area contributed by atoms with Crippen LogP contribution in [0.4, 0.5) is 5.82 Å². The van der Waals surface area contributed by atoms with Gasteiger partial charge in [-0.15, -0.1) is 0 Å². The average Bonchev–Trinajstić information content (AvgIpc) is 2.28. The quantitative estimate of drug-likeness (QED) is 0.820. The fraction of sp³-hybridized carbons (Fsp3) is 0.0909. The SMILES string of the molecule is Nc1cc(COc2cccnc2)ccn1. The fourth-order valence-corrected chi connectivity index (χ4v) is 1.18. The van der Waals surface area contributed by atoms with Crippen molar-refractivity contribution in [3.63, 3.8) is 0 Å². The van der Waals surface area contributed by atoms with Crippen LogP contribution in [0.15, 0.2) is 42.9 Å². The zero-order valence-corrected chi connectivity index (χ0v) is 8.13. The summed E-state index contributed by atoms with van der Waals surface area (Å²) in [6, 6.07) is 7.34. The number of anilines is 1. The Morgan fingerprint density at radius 2 is 2.20 bits per heavy atom. The molecule has 0 saturated carbocycles. The molecule has 0 radical (unpaired) electrons. The van der Waals surface area contributed by atoms with Gasteiger partial charge in [-0.25, -0.2) is 4.98 Å². The van der Waals surface area contributed by atoms with E-state index in [2.05, 4.69) is 9.97 Å². The van der Waals surface area contributed by atoms with Crippen molar-refractivity contribution in [2.75, 3.05) is 5.73 Å². The van der Waals surface area contributed by atoms with Gasteiger partial charge in [-0.3, -0.25) is 4.98 Å². The molecule has 0 aliphatic heterocycles. The van der Waals surface area contributed by atoms with Crippen LogP contribution >= 0.6 is 0 Å². The molecular formula is C11H11N3O. The van der Waals surface area contributed by atoms with Crippen LogP contribution < -0.4 is 10.5 Å². The van der Waals surface area contributed by atoms with Gasteiger partial charge in [-0.05, 0) is 29.8 Å². The Bertz CT molecular complexity index is 431. The molecule has 0 saturated heterocycles. The molecule has 0 fully saturated rings. The third kappa shape index (κ3) is 2.67. The van der Waals surface area contributed by atoms with Crippen molar-refractivity contribution < 1.29 is 4.74 Å². The minimum absolute atomic E-state index is 0.471. The van der Waals surface area contributed by atoms with E-state index in [1.54, 1.807) is 24.7 Å². The first-order valence-corrected chi connectivity index (χ1v) is 4.58. The number of ether oxygens (including phenoxy) is 1. The van der Waals surface area contributed by atoms with Crippen LogP contribution in [-0.4, -0.2) is 9.97 Å². The van der Waals surface area contributed by atoms with Crippen molar-refractivity contribution in [3.05, 3.63) is 48.4 Å². The van der Waals surface area contributed by atoms with E-state index in [0.29, 0.717) is 12.4 Å². The zero-order valence-electron chi connectivity index (χ0n) is 8.13. The maximum Gasteiger partial charge on any atom is 0.138 e. The predicted octanol–water partition coefficient (Wildman–Crippen LogP) is 1.64. The van der Waals surface area contributed by atoms with E-state index in [1.165, 1.54) is 0 Å². The van der Waals surface area contributed by atoms with Crippen molar-refractivity contribution in [1.82, 2.24) is 9.97 Å². The van der Waals surface area contributed by atoms with Gasteiger partial charge in [0.15, 0.2) is 0 Å². The molecule has 0 unspecified atom stereocenters. The Kier molecular flexibility index (Phi) is 2.78. The van der Waals surface area contributed by atoms with Crippen molar-refractivity contribution in [3.8, 4) is 5.75 Å². The lowest BCUT2D eigenvalue weighted by Gasteiger charge is -2.05. The number of nitrogens with two attached hydrogens (primary N) is 1. The monoisotopic (exact) mass is 201 g/mol. The Balaban J connectivity index is 1.99. The Hall–Kier alpha value is -2.10. The van der Waals surface area contributed by atoms with Gasteiger partial charge >= 0.3 is 0 Å². The second-order valence-corrected chi connectivity index (χ2v) is 3.07. The van der Waals surface area contributed by atoms with Gasteiger partial charge in [0.25, 0.3) is 0 Å². The van der Waals surface area contributed by atoms with Crippen molar-refractivity contribution in [1.29, 1.82) is 0 Å². The summed E-state index contributed by atoms with van der Waals surface area (Å²) in [6.07, 6.45) is 5.04. The molecule has 4 heteroatoms. The van der Waals surface area contributed by atoms with E-state index in [1.807, 2.05) is 18.2 Å². The molecule has 2 N–H and O–H groups in total. The lowest BCUT2D eigenvalue weighted by Crippen LogP contribution is -1.98. The van der Waals surface area contributed by atoms with Crippen molar-refractivity contribution in [2.45, 2.75) is 6.61 Å². The number of hydrogen-bond acceptors (Lipinski definition) is 4. The van der Waals surface area contributed by atoms with Crippen molar-refractivity contribution in [2.24, 2.45) is 0 Å². The summed E-state index contributed by atoms with van der Waals surface area (Å²) in [4.78, 5) is 7.86. The molecule has 0 aliphatic carbocycles. The third-order valence-corrected chi connectivity index (χ3v) is 1.89. The molecule has 0 amide bonds. The second kappa shape index (κ2) is 4.41. The summed E-state index contributed by atoms with van der Waals surface area (Å²) in [7, 11) is 0. The summed E-state index contributed by atoms with van der Waals surface area (Å²) in [5.41, 5.74) is 6.54. The molecule has 0 bridgehead atoms. The molecule has 15 heavy (non-hydrogen) atoms. The van der Waals surface area contributed by atoms with E-state index in [-0.39, 0.29) is 0 Å². The molecular weight excluding hydrogens is 190 g/mol. The molecule has 2 heterocycles. The standard InChI is InChI=1S/C11H11N3O/c12-11-6-9(3-5-14-11)8-15-10-2-1-4-13-7-10/h1-7H,8H2,(H2,12,14). The van der Waals surface area contributed by atoms with Gasteiger partial charge in [0, 0.05) is 12.4 Å². The summed E-state index contributed by atoms with van der Waals surface area (Å²) in [5, 5.41) is 0. The van der Waals surface area contributed by atoms with Crippen LogP contribution in [0.1, 0.15) is 5.56 Å². The summed E-state index contributed by atoms with van der Waals surface area (Å²) in [6.45, 7) is 0.471. The first-order valence-electron chi connectivity index (χ1n) is 4.58. The minimum Gasteiger partial charge on any atom is -0.487 e. The van der Waals surface area contributed by atoms with Gasteiger partial charge < -0.3 is 10.5 Å². The number of aromatic nitrogens is 2. The smallest absolute Gasteiger partial charge is 0.138 e. The normalized spacial score (nSPS) is 9.87. The highest BCUT2D eigenvalue weighted by molar-refractivity contribution is 5.31. The third-order valence-electron chi connectivity index (χ3n) is 1.89. The molecule has 0 atom stereocenters. The molecule has 76 valence electrons. The minimum atomic E-state index is 0.471. The van der Waals surface area contributed by atoms with Crippen LogP contribution in [0.2, 0.25) is 0 Å². The van der Waals surface area contributed by atoms with E-state index in [4.69, 9.17) is 10.5 Å². The molecule has 0 spiro atoms.